The largest absolute Gasteiger partial charge is 0.317 e. The van der Waals surface area contributed by atoms with Crippen molar-refractivity contribution in [2.45, 2.75) is 41.0 Å². The molecule has 0 bridgehead atoms. The summed E-state index contributed by atoms with van der Waals surface area (Å²) in [6, 6.07) is 6.64. The van der Waals surface area contributed by atoms with Gasteiger partial charge in [-0.1, -0.05) is 19.9 Å². The maximum Gasteiger partial charge on any atom is 0.283 e. The number of non-ortho nitro benzene ring substituents is 1. The Hall–Kier alpha value is -3.53. The highest BCUT2D eigenvalue weighted by atomic mass is 32.2. The van der Waals surface area contributed by atoms with Gasteiger partial charge in [-0.15, -0.1) is 0 Å². The number of aliphatic imine (C=N–C) groups is 1. The summed E-state index contributed by atoms with van der Waals surface area (Å²) in [5, 5.41) is 27.0. The van der Waals surface area contributed by atoms with E-state index in [1.54, 1.807) is 18.2 Å². The molecule has 0 saturated carbocycles. The van der Waals surface area contributed by atoms with Gasteiger partial charge in [0.1, 0.15) is 5.04 Å². The number of nitrogens with zero attached hydrogens (tertiary/aromatic N) is 5. The summed E-state index contributed by atoms with van der Waals surface area (Å²) in [7, 11) is 0. The SMILES string of the molecule is Cc1ccc([N+](=O)[O-])cc1-n1c(C)cc(/C=C2\C(=N)N3N=C(CC(C)C)SC3=NC2=O)c1C. The van der Waals surface area contributed by atoms with E-state index < -0.39 is 10.8 Å². The number of carbonyl (C=O) groups excluding carboxylic acids is 1. The zero-order valence-corrected chi connectivity index (χ0v) is 19.9. The van der Waals surface area contributed by atoms with Crippen LogP contribution in [0.2, 0.25) is 0 Å². The van der Waals surface area contributed by atoms with Gasteiger partial charge in [0.15, 0.2) is 5.84 Å². The molecule has 2 aromatic rings. The lowest BCUT2D eigenvalue weighted by atomic mass is 10.1. The van der Waals surface area contributed by atoms with E-state index in [1.807, 2.05) is 31.4 Å². The van der Waals surface area contributed by atoms with Crippen LogP contribution in [0.4, 0.5) is 5.69 Å². The van der Waals surface area contributed by atoms with Crippen LogP contribution in [0.15, 0.2) is 39.9 Å². The number of hydrogen-bond acceptors (Lipinski definition) is 6. The lowest BCUT2D eigenvalue weighted by Gasteiger charge is -2.20. The molecule has 3 heterocycles. The third-order valence-electron chi connectivity index (χ3n) is 5.49. The monoisotopic (exact) mass is 464 g/mol. The second-order valence-electron chi connectivity index (χ2n) is 8.50. The second kappa shape index (κ2) is 8.43. The van der Waals surface area contributed by atoms with Crippen LogP contribution in [0.3, 0.4) is 0 Å². The molecule has 1 aromatic heterocycles. The molecule has 0 atom stereocenters. The van der Waals surface area contributed by atoms with Crippen molar-refractivity contribution < 1.29 is 9.72 Å². The Morgan fingerprint density at radius 2 is 1.97 bits per heavy atom. The number of carbonyl (C=O) groups is 1. The number of nitro groups is 1. The van der Waals surface area contributed by atoms with Gasteiger partial charge < -0.3 is 4.57 Å². The molecular weight excluding hydrogens is 440 g/mol. The van der Waals surface area contributed by atoms with Crippen molar-refractivity contribution in [1.29, 1.82) is 5.41 Å². The topological polar surface area (TPSA) is 117 Å². The van der Waals surface area contributed by atoms with Crippen LogP contribution in [-0.4, -0.2) is 36.5 Å². The number of aromatic nitrogens is 1. The molecule has 0 fully saturated rings. The zero-order chi connectivity index (χ0) is 24.0. The number of amides is 1. The van der Waals surface area contributed by atoms with Crippen LogP contribution < -0.4 is 0 Å². The molecule has 1 aromatic carbocycles. The van der Waals surface area contributed by atoms with E-state index in [0.29, 0.717) is 16.8 Å². The highest BCUT2D eigenvalue weighted by Gasteiger charge is 2.35. The lowest BCUT2D eigenvalue weighted by Crippen LogP contribution is -2.35. The Morgan fingerprint density at radius 1 is 1.24 bits per heavy atom. The third kappa shape index (κ3) is 4.13. The summed E-state index contributed by atoms with van der Waals surface area (Å²) in [4.78, 5) is 27.8. The molecule has 2 aliphatic rings. The fourth-order valence-electron chi connectivity index (χ4n) is 3.88. The minimum Gasteiger partial charge on any atom is -0.317 e. The Kier molecular flexibility index (Phi) is 5.79. The van der Waals surface area contributed by atoms with E-state index >= 15 is 0 Å². The molecule has 1 amide bonds. The number of hydrogen-bond donors (Lipinski definition) is 1. The predicted molar refractivity (Wildman–Crippen MR) is 131 cm³/mol. The lowest BCUT2D eigenvalue weighted by molar-refractivity contribution is -0.384. The fraction of sp³-hybridized carbons (Fsp3) is 0.304. The molecule has 33 heavy (non-hydrogen) atoms. The van der Waals surface area contributed by atoms with Crippen LogP contribution in [0.1, 0.15) is 42.8 Å². The number of fused-ring (bicyclic) bond motifs is 1. The van der Waals surface area contributed by atoms with E-state index in [4.69, 9.17) is 5.41 Å². The molecule has 9 nitrogen and oxygen atoms in total. The number of rotatable bonds is 5. The van der Waals surface area contributed by atoms with Gasteiger partial charge in [0, 0.05) is 29.9 Å². The molecule has 4 rings (SSSR count). The molecule has 2 aliphatic heterocycles. The quantitative estimate of drug-likeness (QED) is 0.381. The van der Waals surface area contributed by atoms with Crippen molar-refractivity contribution >= 4 is 45.5 Å². The molecular formula is C23H24N6O3S. The summed E-state index contributed by atoms with van der Waals surface area (Å²) in [6.45, 7) is 9.85. The van der Waals surface area contributed by atoms with Crippen molar-refractivity contribution in [3.05, 3.63) is 62.5 Å². The van der Waals surface area contributed by atoms with Gasteiger partial charge in [-0.25, -0.2) is 0 Å². The van der Waals surface area contributed by atoms with Crippen molar-refractivity contribution in [3.8, 4) is 5.69 Å². The summed E-state index contributed by atoms with van der Waals surface area (Å²) in [6.07, 6.45) is 2.40. The summed E-state index contributed by atoms with van der Waals surface area (Å²) in [5.41, 5.74) is 4.16. The van der Waals surface area contributed by atoms with E-state index in [0.717, 1.165) is 34.0 Å². The number of hydrazone groups is 1. The first-order chi connectivity index (χ1) is 15.6. The minimum absolute atomic E-state index is 0.00686. The maximum absolute atomic E-state index is 12.8. The standard InChI is InChI=1S/C23H24N6O3S/c1-12(2)8-20-26-28-21(24)18(22(30)25-23(28)33-20)10-16-9-14(4)27(15(16)5)19-11-17(29(31)32)7-6-13(19)3/h6-7,9-12,24H,8H2,1-5H3/b18-10+,24-21?. The van der Waals surface area contributed by atoms with E-state index in [2.05, 4.69) is 23.9 Å². The van der Waals surface area contributed by atoms with Crippen LogP contribution in [0.25, 0.3) is 11.8 Å². The first kappa shape index (κ1) is 22.7. The number of nitro benzene ring substituents is 1. The molecule has 170 valence electrons. The number of amidine groups is 2. The van der Waals surface area contributed by atoms with Crippen molar-refractivity contribution in [2.75, 3.05) is 0 Å². The molecule has 1 N–H and O–H groups in total. The van der Waals surface area contributed by atoms with Crippen LogP contribution in [-0.2, 0) is 4.79 Å². The van der Waals surface area contributed by atoms with E-state index in [9.17, 15) is 14.9 Å². The average Bonchev–Trinajstić information content (AvgIpc) is 3.24. The molecule has 0 saturated heterocycles. The van der Waals surface area contributed by atoms with Crippen molar-refractivity contribution in [2.24, 2.45) is 16.0 Å². The number of aryl methyl sites for hydroxylation is 2. The van der Waals surface area contributed by atoms with Crippen molar-refractivity contribution in [3.63, 3.8) is 0 Å². The fourth-order valence-corrected chi connectivity index (χ4v) is 4.97. The Morgan fingerprint density at radius 3 is 2.64 bits per heavy atom. The predicted octanol–water partition coefficient (Wildman–Crippen LogP) is 4.98. The van der Waals surface area contributed by atoms with Gasteiger partial charge in [-0.05, 0) is 61.7 Å². The maximum atomic E-state index is 12.8. The molecule has 0 unspecified atom stereocenters. The normalized spacial score (nSPS) is 17.0. The molecule has 0 radical (unpaired) electrons. The Bertz CT molecular complexity index is 1300. The number of benzene rings is 1. The first-order valence-electron chi connectivity index (χ1n) is 10.5. The summed E-state index contributed by atoms with van der Waals surface area (Å²) in [5.74, 6) is -0.0792. The molecule has 0 aliphatic carbocycles. The summed E-state index contributed by atoms with van der Waals surface area (Å²) >= 11 is 1.33. The minimum atomic E-state index is -0.476. The van der Waals surface area contributed by atoms with Gasteiger partial charge in [0.2, 0.25) is 5.17 Å². The van der Waals surface area contributed by atoms with Gasteiger partial charge in [-0.3, -0.25) is 20.3 Å². The first-order valence-corrected chi connectivity index (χ1v) is 11.3. The van der Waals surface area contributed by atoms with Crippen LogP contribution in [0, 0.1) is 42.2 Å². The molecule has 10 heteroatoms. The highest BCUT2D eigenvalue weighted by molar-refractivity contribution is 8.26. The second-order valence-corrected chi connectivity index (χ2v) is 9.54. The summed E-state index contributed by atoms with van der Waals surface area (Å²) < 4.78 is 1.92. The van der Waals surface area contributed by atoms with E-state index in [-0.39, 0.29) is 17.1 Å². The Balaban J connectivity index is 1.74. The zero-order valence-electron chi connectivity index (χ0n) is 19.0. The number of thioether (sulfide) groups is 1. The van der Waals surface area contributed by atoms with Gasteiger partial charge >= 0.3 is 0 Å². The van der Waals surface area contributed by atoms with Gasteiger partial charge in [-0.2, -0.15) is 15.1 Å². The van der Waals surface area contributed by atoms with Gasteiger partial charge in [0.25, 0.3) is 11.6 Å². The van der Waals surface area contributed by atoms with Crippen LogP contribution >= 0.6 is 11.8 Å². The van der Waals surface area contributed by atoms with Gasteiger partial charge in [0.05, 0.1) is 16.2 Å². The van der Waals surface area contributed by atoms with Crippen LogP contribution in [0.5, 0.6) is 0 Å². The number of nitrogens with one attached hydrogen (secondary N) is 1. The molecule has 0 spiro atoms. The average molecular weight is 465 g/mol. The van der Waals surface area contributed by atoms with Crippen molar-refractivity contribution in [1.82, 2.24) is 9.58 Å². The third-order valence-corrected chi connectivity index (χ3v) is 6.42. The Labute approximate surface area is 195 Å². The smallest absolute Gasteiger partial charge is 0.283 e. The highest BCUT2D eigenvalue weighted by Crippen LogP contribution is 2.32. The van der Waals surface area contributed by atoms with E-state index in [1.165, 1.54) is 22.8 Å².